The summed E-state index contributed by atoms with van der Waals surface area (Å²) >= 11 is 0. The van der Waals surface area contributed by atoms with E-state index in [1.807, 2.05) is 20.8 Å². The summed E-state index contributed by atoms with van der Waals surface area (Å²) in [5, 5.41) is 2.60. The van der Waals surface area contributed by atoms with Crippen molar-refractivity contribution < 1.29 is 4.79 Å². The second-order valence-electron chi connectivity index (χ2n) is 2.51. The van der Waals surface area contributed by atoms with Crippen LogP contribution in [0.1, 0.15) is 20.8 Å². The van der Waals surface area contributed by atoms with Crippen molar-refractivity contribution in [3.8, 4) is 0 Å². The molecule has 1 amide bonds. The van der Waals surface area contributed by atoms with Crippen LogP contribution in [0, 0.1) is 0 Å². The lowest BCUT2D eigenvalue weighted by atomic mass is 10.1. The maximum absolute atomic E-state index is 9.71. The van der Waals surface area contributed by atoms with Gasteiger partial charge in [0.2, 0.25) is 6.41 Å². The summed E-state index contributed by atoms with van der Waals surface area (Å²) in [6, 6.07) is 0. The average Bonchev–Trinajstić information content (AvgIpc) is 1.30. The molecule has 0 aromatic heterocycles. The smallest absolute Gasteiger partial charge is 0.207 e. The Morgan fingerprint density at radius 3 is 1.75 bits per heavy atom. The largest absolute Gasteiger partial charge is 0.354 e. The second kappa shape index (κ2) is 3.72. The van der Waals surface area contributed by atoms with E-state index in [4.69, 9.17) is 0 Å². The van der Waals surface area contributed by atoms with Crippen molar-refractivity contribution >= 4 is 18.8 Å². The fourth-order valence-electron chi connectivity index (χ4n) is 0.177. The molecule has 0 radical (unpaired) electrons. The van der Waals surface area contributed by atoms with E-state index in [-0.39, 0.29) is 17.9 Å². The number of halogens is 1. The lowest BCUT2D eigenvalue weighted by molar-refractivity contribution is -0.110. The van der Waals surface area contributed by atoms with Crippen molar-refractivity contribution in [3.05, 3.63) is 0 Å². The zero-order valence-electron chi connectivity index (χ0n) is 5.39. The molecule has 0 aromatic carbocycles. The van der Waals surface area contributed by atoms with Gasteiger partial charge in [-0.05, 0) is 20.8 Å². The van der Waals surface area contributed by atoms with Gasteiger partial charge in [-0.25, -0.2) is 0 Å². The summed E-state index contributed by atoms with van der Waals surface area (Å²) in [6.07, 6.45) is 0.708. The molecule has 0 aliphatic rings. The quantitative estimate of drug-likeness (QED) is 0.536. The molecule has 0 aliphatic carbocycles. The predicted molar refractivity (Wildman–Crippen MR) is 36.2 cm³/mol. The molecule has 0 bridgehead atoms. The Hall–Kier alpha value is -0.240. The predicted octanol–water partition coefficient (Wildman–Crippen LogP) is 0.953. The second-order valence-corrected chi connectivity index (χ2v) is 2.51. The van der Waals surface area contributed by atoms with Gasteiger partial charge in [0, 0.05) is 5.54 Å². The molecular weight excluding hydrogens is 126 g/mol. The molecule has 0 atom stereocenters. The number of hydrogen-bond donors (Lipinski definition) is 1. The number of carbonyl (C=O) groups is 1. The van der Waals surface area contributed by atoms with E-state index in [0.29, 0.717) is 6.41 Å². The third-order valence-electron chi connectivity index (χ3n) is 0.492. The molecule has 3 heteroatoms. The van der Waals surface area contributed by atoms with E-state index < -0.39 is 0 Å². The van der Waals surface area contributed by atoms with Crippen LogP contribution in [-0.2, 0) is 4.79 Å². The molecule has 1 N–H and O–H groups in total. The minimum absolute atomic E-state index is 0. The molecular formula is C5H12ClNO. The maximum Gasteiger partial charge on any atom is 0.207 e. The molecule has 0 spiro atoms. The zero-order chi connectivity index (χ0) is 5.91. The molecule has 2 nitrogen and oxygen atoms in total. The van der Waals surface area contributed by atoms with E-state index in [2.05, 4.69) is 5.32 Å². The monoisotopic (exact) mass is 137 g/mol. The molecule has 0 rings (SSSR count). The van der Waals surface area contributed by atoms with Crippen molar-refractivity contribution in [2.24, 2.45) is 0 Å². The molecule has 0 saturated heterocycles. The third kappa shape index (κ3) is 9.23. The van der Waals surface area contributed by atoms with Gasteiger partial charge in [0.25, 0.3) is 0 Å². The Balaban J connectivity index is 0. The van der Waals surface area contributed by atoms with Crippen LogP contribution in [0.25, 0.3) is 0 Å². The van der Waals surface area contributed by atoms with E-state index in [1.165, 1.54) is 0 Å². The SMILES string of the molecule is CC(C)(C)NC=O.Cl. The first-order chi connectivity index (χ1) is 3.06. The summed E-state index contributed by atoms with van der Waals surface area (Å²) in [5.74, 6) is 0. The fraction of sp³-hybridized carbons (Fsp3) is 0.800. The standard InChI is InChI=1S/C5H11NO.ClH/c1-5(2,3)6-4-7;/h4H,1-3H3,(H,6,7);1H. The Morgan fingerprint density at radius 1 is 1.38 bits per heavy atom. The molecule has 0 aliphatic heterocycles. The first-order valence-corrected chi connectivity index (χ1v) is 2.27. The Kier molecular flexibility index (Phi) is 4.98. The topological polar surface area (TPSA) is 29.1 Å². The zero-order valence-corrected chi connectivity index (χ0v) is 6.21. The van der Waals surface area contributed by atoms with Crippen LogP contribution in [0.3, 0.4) is 0 Å². The third-order valence-corrected chi connectivity index (χ3v) is 0.492. The minimum Gasteiger partial charge on any atom is -0.354 e. The van der Waals surface area contributed by atoms with Crippen molar-refractivity contribution in [1.29, 1.82) is 0 Å². The van der Waals surface area contributed by atoms with Crippen LogP contribution in [0.5, 0.6) is 0 Å². The van der Waals surface area contributed by atoms with Crippen molar-refractivity contribution in [2.75, 3.05) is 0 Å². The highest BCUT2D eigenvalue weighted by molar-refractivity contribution is 5.85. The van der Waals surface area contributed by atoms with Crippen LogP contribution in [0.2, 0.25) is 0 Å². The van der Waals surface area contributed by atoms with Gasteiger partial charge in [-0.1, -0.05) is 0 Å². The van der Waals surface area contributed by atoms with Crippen LogP contribution in [0.4, 0.5) is 0 Å². The number of amides is 1. The first-order valence-electron chi connectivity index (χ1n) is 2.27. The highest BCUT2D eigenvalue weighted by Crippen LogP contribution is 1.94. The van der Waals surface area contributed by atoms with Gasteiger partial charge >= 0.3 is 0 Å². The minimum atomic E-state index is -0.0677. The van der Waals surface area contributed by atoms with Gasteiger partial charge in [0.15, 0.2) is 0 Å². The fourth-order valence-corrected chi connectivity index (χ4v) is 0.177. The van der Waals surface area contributed by atoms with Gasteiger partial charge in [-0.3, -0.25) is 4.79 Å². The van der Waals surface area contributed by atoms with Gasteiger partial charge in [0.05, 0.1) is 0 Å². The van der Waals surface area contributed by atoms with Gasteiger partial charge in [-0.2, -0.15) is 0 Å². The van der Waals surface area contributed by atoms with Crippen molar-refractivity contribution in [1.82, 2.24) is 5.32 Å². The average molecular weight is 138 g/mol. The summed E-state index contributed by atoms with van der Waals surface area (Å²) in [7, 11) is 0. The molecule has 0 fully saturated rings. The van der Waals surface area contributed by atoms with E-state index >= 15 is 0 Å². The van der Waals surface area contributed by atoms with Gasteiger partial charge in [0.1, 0.15) is 0 Å². The normalized spacial score (nSPS) is 9.38. The summed E-state index contributed by atoms with van der Waals surface area (Å²) < 4.78 is 0. The lowest BCUT2D eigenvalue weighted by Crippen LogP contribution is -2.34. The number of rotatable bonds is 1. The summed E-state index contributed by atoms with van der Waals surface area (Å²) in [5.41, 5.74) is -0.0677. The van der Waals surface area contributed by atoms with Crippen molar-refractivity contribution in [2.45, 2.75) is 26.3 Å². The van der Waals surface area contributed by atoms with E-state index in [9.17, 15) is 4.79 Å². The van der Waals surface area contributed by atoms with Crippen LogP contribution < -0.4 is 5.32 Å². The molecule has 50 valence electrons. The summed E-state index contributed by atoms with van der Waals surface area (Å²) in [6.45, 7) is 5.80. The number of nitrogens with one attached hydrogen (secondary N) is 1. The molecule has 0 aromatic rings. The van der Waals surface area contributed by atoms with E-state index in [1.54, 1.807) is 0 Å². The van der Waals surface area contributed by atoms with Crippen LogP contribution >= 0.6 is 12.4 Å². The molecule has 0 saturated carbocycles. The molecule has 0 heterocycles. The van der Waals surface area contributed by atoms with Crippen LogP contribution in [0.15, 0.2) is 0 Å². The number of carbonyl (C=O) groups excluding carboxylic acids is 1. The maximum atomic E-state index is 9.71. The van der Waals surface area contributed by atoms with Crippen LogP contribution in [-0.4, -0.2) is 11.9 Å². The Labute approximate surface area is 56.1 Å². The number of hydrogen-bond acceptors (Lipinski definition) is 1. The Bertz CT molecular complexity index is 67.3. The highest BCUT2D eigenvalue weighted by Gasteiger charge is 2.04. The lowest BCUT2D eigenvalue weighted by Gasteiger charge is -2.15. The molecule has 0 unspecified atom stereocenters. The first kappa shape index (κ1) is 10.7. The van der Waals surface area contributed by atoms with Gasteiger partial charge < -0.3 is 5.32 Å². The summed E-state index contributed by atoms with van der Waals surface area (Å²) in [4.78, 5) is 9.71. The highest BCUT2D eigenvalue weighted by atomic mass is 35.5. The molecule has 8 heavy (non-hydrogen) atoms. The Morgan fingerprint density at radius 2 is 1.75 bits per heavy atom. The van der Waals surface area contributed by atoms with E-state index in [0.717, 1.165) is 0 Å². The van der Waals surface area contributed by atoms with Gasteiger partial charge in [-0.15, -0.1) is 12.4 Å². The van der Waals surface area contributed by atoms with Crippen molar-refractivity contribution in [3.63, 3.8) is 0 Å².